The standard InChI is InChI=1S/C13H21F3N4O3/c1-2-17-12(23)19-10(21)7-20-5-3-9(4-6-20)11(22)18-8-13(14,15)16/h9H,2-8H2,1H3,(H,18,22)(H2,17,19,21,23). The zero-order valence-electron chi connectivity index (χ0n) is 12.8. The number of hydrogen-bond acceptors (Lipinski definition) is 4. The van der Waals surface area contributed by atoms with Gasteiger partial charge in [0.2, 0.25) is 11.8 Å². The minimum atomic E-state index is -4.42. The lowest BCUT2D eigenvalue weighted by Crippen LogP contribution is -2.48. The Morgan fingerprint density at radius 2 is 1.74 bits per heavy atom. The molecule has 1 saturated heterocycles. The number of urea groups is 1. The van der Waals surface area contributed by atoms with Crippen LogP contribution in [0.3, 0.4) is 0 Å². The molecule has 0 spiro atoms. The van der Waals surface area contributed by atoms with Crippen LogP contribution in [-0.2, 0) is 9.59 Å². The number of alkyl halides is 3. The minimum Gasteiger partial charge on any atom is -0.347 e. The first-order chi connectivity index (χ1) is 10.7. The smallest absolute Gasteiger partial charge is 0.347 e. The van der Waals surface area contributed by atoms with Crippen molar-refractivity contribution >= 4 is 17.8 Å². The number of hydrogen-bond donors (Lipinski definition) is 3. The predicted molar refractivity (Wildman–Crippen MR) is 75.4 cm³/mol. The molecule has 0 radical (unpaired) electrons. The fraction of sp³-hybridized carbons (Fsp3) is 0.769. The summed E-state index contributed by atoms with van der Waals surface area (Å²) in [5.74, 6) is -1.57. The van der Waals surface area contributed by atoms with E-state index in [2.05, 4.69) is 10.6 Å². The second-order valence-corrected chi connectivity index (χ2v) is 5.29. The molecule has 1 rings (SSSR count). The van der Waals surface area contributed by atoms with Crippen molar-refractivity contribution in [3.8, 4) is 0 Å². The number of carbonyl (C=O) groups is 3. The van der Waals surface area contributed by atoms with Crippen molar-refractivity contribution in [1.82, 2.24) is 20.9 Å². The van der Waals surface area contributed by atoms with E-state index in [9.17, 15) is 27.6 Å². The number of nitrogens with zero attached hydrogens (tertiary/aromatic N) is 1. The highest BCUT2D eigenvalue weighted by Crippen LogP contribution is 2.18. The molecule has 0 aromatic rings. The van der Waals surface area contributed by atoms with Crippen molar-refractivity contribution in [3.05, 3.63) is 0 Å². The van der Waals surface area contributed by atoms with Crippen molar-refractivity contribution in [2.45, 2.75) is 25.9 Å². The van der Waals surface area contributed by atoms with Crippen LogP contribution < -0.4 is 16.0 Å². The number of likely N-dealkylation sites (tertiary alicyclic amines) is 1. The van der Waals surface area contributed by atoms with E-state index in [1.54, 1.807) is 11.8 Å². The quantitative estimate of drug-likeness (QED) is 0.669. The summed E-state index contributed by atoms with van der Waals surface area (Å²) >= 11 is 0. The SMILES string of the molecule is CCNC(=O)NC(=O)CN1CCC(C(=O)NCC(F)(F)F)CC1. The molecule has 0 aliphatic carbocycles. The van der Waals surface area contributed by atoms with Crippen LogP contribution >= 0.6 is 0 Å². The minimum absolute atomic E-state index is 0.00796. The van der Waals surface area contributed by atoms with Crippen LogP contribution in [0.1, 0.15) is 19.8 Å². The normalized spacial score (nSPS) is 16.7. The van der Waals surface area contributed by atoms with Crippen molar-refractivity contribution in [2.75, 3.05) is 32.7 Å². The van der Waals surface area contributed by atoms with E-state index in [1.165, 1.54) is 0 Å². The second-order valence-electron chi connectivity index (χ2n) is 5.29. The van der Waals surface area contributed by atoms with Gasteiger partial charge in [-0.15, -0.1) is 0 Å². The average molecular weight is 338 g/mol. The Balaban J connectivity index is 2.28. The van der Waals surface area contributed by atoms with Gasteiger partial charge < -0.3 is 10.6 Å². The molecule has 0 bridgehead atoms. The van der Waals surface area contributed by atoms with Gasteiger partial charge in [-0.1, -0.05) is 0 Å². The molecule has 4 amide bonds. The molecule has 0 atom stereocenters. The zero-order valence-corrected chi connectivity index (χ0v) is 12.8. The summed E-state index contributed by atoms with van der Waals surface area (Å²) in [5.41, 5.74) is 0. The zero-order chi connectivity index (χ0) is 17.5. The molecule has 3 N–H and O–H groups in total. The molecule has 0 aromatic carbocycles. The molecule has 1 aliphatic heterocycles. The number of nitrogens with one attached hydrogen (secondary N) is 3. The van der Waals surface area contributed by atoms with Gasteiger partial charge in [0, 0.05) is 12.5 Å². The van der Waals surface area contributed by atoms with Gasteiger partial charge in [0.15, 0.2) is 0 Å². The molecule has 132 valence electrons. The summed E-state index contributed by atoms with van der Waals surface area (Å²) in [6.07, 6.45) is -3.68. The lowest BCUT2D eigenvalue weighted by molar-refractivity contribution is -0.141. The predicted octanol–water partition coefficient (Wildman–Crippen LogP) is 0.223. The highest BCUT2D eigenvalue weighted by atomic mass is 19.4. The summed E-state index contributed by atoms with van der Waals surface area (Å²) in [6, 6.07) is -0.570. The maximum Gasteiger partial charge on any atom is 0.405 e. The Kier molecular flexibility index (Phi) is 7.27. The van der Waals surface area contributed by atoms with Gasteiger partial charge in [-0.2, -0.15) is 13.2 Å². The Bertz CT molecular complexity index is 435. The monoisotopic (exact) mass is 338 g/mol. The molecule has 0 aromatic heterocycles. The third-order valence-electron chi connectivity index (χ3n) is 3.38. The number of amides is 4. The molecule has 10 heteroatoms. The highest BCUT2D eigenvalue weighted by molar-refractivity contribution is 5.95. The molecular weight excluding hydrogens is 317 g/mol. The van der Waals surface area contributed by atoms with Gasteiger partial charge in [0.25, 0.3) is 0 Å². The third-order valence-corrected chi connectivity index (χ3v) is 3.38. The molecule has 23 heavy (non-hydrogen) atoms. The first kappa shape index (κ1) is 19.2. The highest BCUT2D eigenvalue weighted by Gasteiger charge is 2.31. The number of piperidine rings is 1. The Hall–Kier alpha value is -1.84. The molecular formula is C13H21F3N4O3. The third kappa shape index (κ3) is 7.82. The molecule has 0 saturated carbocycles. The Morgan fingerprint density at radius 3 is 2.26 bits per heavy atom. The fourth-order valence-corrected chi connectivity index (χ4v) is 2.26. The molecule has 0 unspecified atom stereocenters. The molecule has 1 aliphatic rings. The molecule has 7 nitrogen and oxygen atoms in total. The van der Waals surface area contributed by atoms with Crippen LogP contribution in [0, 0.1) is 5.92 Å². The fourth-order valence-electron chi connectivity index (χ4n) is 2.26. The number of carbonyl (C=O) groups excluding carboxylic acids is 3. The van der Waals surface area contributed by atoms with Crippen LogP contribution in [0.4, 0.5) is 18.0 Å². The molecule has 1 heterocycles. The molecule has 1 fully saturated rings. The van der Waals surface area contributed by atoms with E-state index in [0.717, 1.165) is 0 Å². The van der Waals surface area contributed by atoms with E-state index < -0.39 is 36.5 Å². The van der Waals surface area contributed by atoms with Gasteiger partial charge >= 0.3 is 12.2 Å². The van der Waals surface area contributed by atoms with Crippen molar-refractivity contribution in [2.24, 2.45) is 5.92 Å². The van der Waals surface area contributed by atoms with Crippen LogP contribution in [0.25, 0.3) is 0 Å². The van der Waals surface area contributed by atoms with Crippen LogP contribution in [0.15, 0.2) is 0 Å². The van der Waals surface area contributed by atoms with Crippen LogP contribution in [0.2, 0.25) is 0 Å². The van der Waals surface area contributed by atoms with E-state index in [0.29, 0.717) is 32.5 Å². The average Bonchev–Trinajstić information content (AvgIpc) is 2.44. The van der Waals surface area contributed by atoms with Gasteiger partial charge in [0.05, 0.1) is 6.54 Å². The van der Waals surface area contributed by atoms with Crippen molar-refractivity contribution < 1.29 is 27.6 Å². The first-order valence-electron chi connectivity index (χ1n) is 7.35. The number of imide groups is 1. The largest absolute Gasteiger partial charge is 0.405 e. The van der Waals surface area contributed by atoms with Crippen molar-refractivity contribution in [1.29, 1.82) is 0 Å². The van der Waals surface area contributed by atoms with E-state index in [4.69, 9.17) is 0 Å². The summed E-state index contributed by atoms with van der Waals surface area (Å²) in [7, 11) is 0. The van der Waals surface area contributed by atoms with Crippen molar-refractivity contribution in [3.63, 3.8) is 0 Å². The summed E-state index contributed by atoms with van der Waals surface area (Å²) in [6.45, 7) is 1.62. The maximum absolute atomic E-state index is 12.0. The van der Waals surface area contributed by atoms with Gasteiger partial charge in [-0.25, -0.2) is 4.79 Å². The summed E-state index contributed by atoms with van der Waals surface area (Å²) < 4.78 is 36.1. The van der Waals surface area contributed by atoms with Crippen LogP contribution in [0.5, 0.6) is 0 Å². The van der Waals surface area contributed by atoms with Gasteiger partial charge in [-0.05, 0) is 32.9 Å². The lowest BCUT2D eigenvalue weighted by atomic mass is 9.96. The number of halogens is 3. The second kappa shape index (κ2) is 8.70. The maximum atomic E-state index is 12.0. The van der Waals surface area contributed by atoms with Gasteiger partial charge in [-0.3, -0.25) is 19.8 Å². The summed E-state index contributed by atoms with van der Waals surface area (Å²) in [5, 5.41) is 6.47. The van der Waals surface area contributed by atoms with E-state index in [1.807, 2.05) is 5.32 Å². The van der Waals surface area contributed by atoms with E-state index in [-0.39, 0.29) is 6.54 Å². The number of rotatable bonds is 5. The van der Waals surface area contributed by atoms with E-state index >= 15 is 0 Å². The first-order valence-corrected chi connectivity index (χ1v) is 7.35. The topological polar surface area (TPSA) is 90.5 Å². The Labute approximate surface area is 132 Å². The Morgan fingerprint density at radius 1 is 1.13 bits per heavy atom. The lowest BCUT2D eigenvalue weighted by Gasteiger charge is -2.30. The van der Waals surface area contributed by atoms with Crippen LogP contribution in [-0.4, -0.2) is 61.6 Å². The van der Waals surface area contributed by atoms with Gasteiger partial charge in [0.1, 0.15) is 6.54 Å². The summed E-state index contributed by atoms with van der Waals surface area (Å²) in [4.78, 5) is 36.2.